The number of anilines is 1. The van der Waals surface area contributed by atoms with Gasteiger partial charge in [-0.25, -0.2) is 0 Å². The monoisotopic (exact) mass is 338 g/mol. The Hall–Kier alpha value is -2.25. The van der Waals surface area contributed by atoms with Crippen LogP contribution in [0, 0.1) is 6.92 Å². The number of rotatable bonds is 4. The quantitative estimate of drug-likeness (QED) is 0.784. The zero-order chi connectivity index (χ0) is 15.7. The number of benzene rings is 1. The van der Waals surface area contributed by atoms with Crippen molar-refractivity contribution in [1.82, 2.24) is 5.16 Å². The smallest absolute Gasteiger partial charge is 0.295 e. The molecule has 0 amide bonds. The lowest BCUT2D eigenvalue weighted by molar-refractivity contribution is 0.398. The first kappa shape index (κ1) is 14.7. The molecule has 2 aromatic heterocycles. The van der Waals surface area contributed by atoms with Crippen LogP contribution in [-0.4, -0.2) is 13.6 Å². The molecule has 0 bridgehead atoms. The number of sulfonamides is 1. The third kappa shape index (κ3) is 3.00. The molecular formula is C14H11ClN2O4S. The van der Waals surface area contributed by atoms with E-state index >= 15 is 0 Å². The Labute approximate surface area is 131 Å². The average Bonchev–Trinajstić information content (AvgIpc) is 3.06. The standard InChI is InChI=1S/C14H11ClN2O4S/c1-9-7-13(21-16-9)12-5-6-14(20-12)22(18,19)17-11-4-2-3-10(15)8-11/h2-8,17H,1H3. The van der Waals surface area contributed by atoms with Crippen molar-refractivity contribution in [3.05, 3.63) is 53.2 Å². The summed E-state index contributed by atoms with van der Waals surface area (Å²) in [6, 6.07) is 10.9. The normalized spacial score (nSPS) is 11.5. The highest BCUT2D eigenvalue weighted by atomic mass is 35.5. The molecule has 0 unspecified atom stereocenters. The van der Waals surface area contributed by atoms with Crippen molar-refractivity contribution in [2.75, 3.05) is 4.72 Å². The van der Waals surface area contributed by atoms with Gasteiger partial charge in [0.1, 0.15) is 0 Å². The molecule has 2 heterocycles. The summed E-state index contributed by atoms with van der Waals surface area (Å²) < 4.78 is 37.3. The molecule has 0 radical (unpaired) electrons. The van der Waals surface area contributed by atoms with Crippen LogP contribution < -0.4 is 4.72 Å². The van der Waals surface area contributed by atoms with Crippen LogP contribution in [0.3, 0.4) is 0 Å². The molecule has 0 aliphatic heterocycles. The van der Waals surface area contributed by atoms with E-state index in [1.807, 2.05) is 0 Å². The predicted molar refractivity (Wildman–Crippen MR) is 81.2 cm³/mol. The first-order valence-corrected chi connectivity index (χ1v) is 8.12. The third-order valence-corrected chi connectivity index (χ3v) is 4.28. The van der Waals surface area contributed by atoms with Gasteiger partial charge in [-0.3, -0.25) is 4.72 Å². The van der Waals surface area contributed by atoms with E-state index < -0.39 is 10.0 Å². The van der Waals surface area contributed by atoms with E-state index in [-0.39, 0.29) is 10.9 Å². The predicted octanol–water partition coefficient (Wildman–Crippen LogP) is 3.70. The Morgan fingerprint density at radius 3 is 2.64 bits per heavy atom. The molecule has 6 nitrogen and oxygen atoms in total. The SMILES string of the molecule is Cc1cc(-c2ccc(S(=O)(=O)Nc3cccc(Cl)c3)o2)on1. The molecule has 3 aromatic rings. The topological polar surface area (TPSA) is 85.3 Å². The van der Waals surface area contributed by atoms with Crippen LogP contribution in [0.4, 0.5) is 5.69 Å². The fourth-order valence-corrected chi connectivity index (χ4v) is 3.01. The molecule has 8 heteroatoms. The minimum atomic E-state index is -3.85. The Morgan fingerprint density at radius 2 is 1.95 bits per heavy atom. The van der Waals surface area contributed by atoms with Gasteiger partial charge < -0.3 is 8.94 Å². The van der Waals surface area contributed by atoms with Gasteiger partial charge >= 0.3 is 0 Å². The Kier molecular flexibility index (Phi) is 3.67. The summed E-state index contributed by atoms with van der Waals surface area (Å²) in [5.74, 6) is 0.647. The van der Waals surface area contributed by atoms with Crippen LogP contribution in [0.2, 0.25) is 5.02 Å². The Morgan fingerprint density at radius 1 is 1.14 bits per heavy atom. The molecule has 0 spiro atoms. The summed E-state index contributed by atoms with van der Waals surface area (Å²) >= 11 is 5.83. The van der Waals surface area contributed by atoms with Gasteiger partial charge in [-0.1, -0.05) is 22.8 Å². The number of hydrogen-bond acceptors (Lipinski definition) is 5. The van der Waals surface area contributed by atoms with Crippen molar-refractivity contribution >= 4 is 27.3 Å². The summed E-state index contributed by atoms with van der Waals surface area (Å²) in [5, 5.41) is 3.93. The number of nitrogens with zero attached hydrogens (tertiary/aromatic N) is 1. The first-order valence-electron chi connectivity index (χ1n) is 6.26. The Balaban J connectivity index is 1.88. The molecule has 0 fully saturated rings. The summed E-state index contributed by atoms with van der Waals surface area (Å²) in [6.45, 7) is 1.76. The van der Waals surface area contributed by atoms with E-state index in [1.165, 1.54) is 18.2 Å². The van der Waals surface area contributed by atoms with Gasteiger partial charge in [0, 0.05) is 11.1 Å². The van der Waals surface area contributed by atoms with E-state index in [2.05, 4.69) is 9.88 Å². The number of aryl methyl sites for hydroxylation is 1. The van der Waals surface area contributed by atoms with Crippen molar-refractivity contribution in [3.8, 4) is 11.5 Å². The summed E-state index contributed by atoms with van der Waals surface area (Å²) in [6.07, 6.45) is 0. The highest BCUT2D eigenvalue weighted by molar-refractivity contribution is 7.92. The Bertz CT molecular complexity index is 914. The first-order chi connectivity index (χ1) is 10.4. The molecule has 1 aromatic carbocycles. The second-order valence-electron chi connectivity index (χ2n) is 4.57. The molecular weight excluding hydrogens is 328 g/mol. The maximum atomic E-state index is 12.3. The summed E-state index contributed by atoms with van der Waals surface area (Å²) in [4.78, 5) is 0. The van der Waals surface area contributed by atoms with Crippen LogP contribution in [-0.2, 0) is 10.0 Å². The molecule has 0 atom stereocenters. The van der Waals surface area contributed by atoms with Gasteiger partial charge in [0.25, 0.3) is 10.0 Å². The van der Waals surface area contributed by atoms with Crippen molar-refractivity contribution < 1.29 is 17.4 Å². The minimum absolute atomic E-state index is 0.225. The van der Waals surface area contributed by atoms with E-state index in [0.29, 0.717) is 22.2 Å². The van der Waals surface area contributed by atoms with Gasteiger partial charge in [-0.05, 0) is 37.3 Å². The van der Waals surface area contributed by atoms with Gasteiger partial charge in [0.05, 0.1) is 11.4 Å². The van der Waals surface area contributed by atoms with Crippen LogP contribution in [0.15, 0.2) is 56.5 Å². The molecule has 114 valence electrons. The lowest BCUT2D eigenvalue weighted by Crippen LogP contribution is -2.11. The number of aromatic nitrogens is 1. The average molecular weight is 339 g/mol. The van der Waals surface area contributed by atoms with Crippen molar-refractivity contribution in [2.24, 2.45) is 0 Å². The molecule has 0 aliphatic carbocycles. The van der Waals surface area contributed by atoms with Crippen LogP contribution in [0.5, 0.6) is 0 Å². The second kappa shape index (κ2) is 5.51. The number of hydrogen-bond donors (Lipinski definition) is 1. The van der Waals surface area contributed by atoms with Crippen molar-refractivity contribution in [1.29, 1.82) is 0 Å². The summed E-state index contributed by atoms with van der Waals surface area (Å²) in [5.41, 5.74) is 1.02. The molecule has 0 saturated carbocycles. The zero-order valence-corrected chi connectivity index (χ0v) is 13.0. The number of halogens is 1. The maximum Gasteiger partial charge on any atom is 0.295 e. The van der Waals surface area contributed by atoms with E-state index in [0.717, 1.165) is 0 Å². The fourth-order valence-electron chi connectivity index (χ4n) is 1.83. The van der Waals surface area contributed by atoms with Crippen LogP contribution in [0.1, 0.15) is 5.69 Å². The largest absolute Gasteiger partial charge is 0.439 e. The van der Waals surface area contributed by atoms with Crippen molar-refractivity contribution in [2.45, 2.75) is 12.0 Å². The summed E-state index contributed by atoms with van der Waals surface area (Å²) in [7, 11) is -3.85. The lowest BCUT2D eigenvalue weighted by atomic mass is 10.3. The molecule has 0 aliphatic rings. The van der Waals surface area contributed by atoms with Crippen molar-refractivity contribution in [3.63, 3.8) is 0 Å². The molecule has 3 rings (SSSR count). The minimum Gasteiger partial charge on any atom is -0.439 e. The van der Waals surface area contributed by atoms with E-state index in [4.69, 9.17) is 20.5 Å². The van der Waals surface area contributed by atoms with Gasteiger partial charge in [0.2, 0.25) is 10.9 Å². The number of furan rings is 1. The molecule has 0 saturated heterocycles. The van der Waals surface area contributed by atoms with E-state index in [1.54, 1.807) is 31.2 Å². The fraction of sp³-hybridized carbons (Fsp3) is 0.0714. The van der Waals surface area contributed by atoms with Crippen LogP contribution >= 0.6 is 11.6 Å². The highest BCUT2D eigenvalue weighted by Gasteiger charge is 2.20. The molecule has 22 heavy (non-hydrogen) atoms. The third-order valence-electron chi connectivity index (χ3n) is 2.79. The second-order valence-corrected chi connectivity index (χ2v) is 6.62. The lowest BCUT2D eigenvalue weighted by Gasteiger charge is -2.05. The van der Waals surface area contributed by atoms with E-state index in [9.17, 15) is 8.42 Å². The number of nitrogens with one attached hydrogen (secondary N) is 1. The maximum absolute atomic E-state index is 12.3. The van der Waals surface area contributed by atoms with Gasteiger partial charge in [-0.15, -0.1) is 0 Å². The van der Waals surface area contributed by atoms with Crippen LogP contribution in [0.25, 0.3) is 11.5 Å². The zero-order valence-electron chi connectivity index (χ0n) is 11.4. The highest BCUT2D eigenvalue weighted by Crippen LogP contribution is 2.26. The van der Waals surface area contributed by atoms with Gasteiger partial charge in [0.15, 0.2) is 5.76 Å². The van der Waals surface area contributed by atoms with Gasteiger partial charge in [-0.2, -0.15) is 8.42 Å². The molecule has 1 N–H and O–H groups in total.